The smallest absolute Gasteiger partial charge is 0.251 e. The fraction of sp³-hybridized carbons (Fsp3) is 0.400. The van der Waals surface area contributed by atoms with E-state index in [1.165, 1.54) is 18.1 Å². The molecule has 2 aromatic rings. The van der Waals surface area contributed by atoms with Crippen LogP contribution < -0.4 is 16.0 Å². The van der Waals surface area contributed by atoms with Crippen LogP contribution in [0.3, 0.4) is 0 Å². The average Bonchev–Trinajstić information content (AvgIpc) is 2.87. The van der Waals surface area contributed by atoms with Crippen molar-refractivity contribution in [2.45, 2.75) is 44.5 Å². The van der Waals surface area contributed by atoms with Gasteiger partial charge in [0.2, 0.25) is 11.8 Å². The van der Waals surface area contributed by atoms with Gasteiger partial charge in [-0.05, 0) is 50.6 Å². The van der Waals surface area contributed by atoms with E-state index in [1.54, 1.807) is 33.0 Å². The van der Waals surface area contributed by atoms with Crippen LogP contribution >= 0.6 is 0 Å². The van der Waals surface area contributed by atoms with E-state index >= 15 is 0 Å². The SMILES string of the molecule is CNC(C)C(=O)N[C@H](C(=O)N1CCc2ccccc2[C@H]1C(=O)Nc1c(F)cccc1F)[C@@H](C)OC. The topological polar surface area (TPSA) is 99.8 Å². The Hall–Kier alpha value is -3.37. The van der Waals surface area contributed by atoms with E-state index in [4.69, 9.17) is 4.74 Å². The summed E-state index contributed by atoms with van der Waals surface area (Å²) in [6.07, 6.45) is -0.241. The molecular weight excluding hydrogens is 458 g/mol. The molecule has 35 heavy (non-hydrogen) atoms. The molecule has 3 amide bonds. The zero-order valence-electron chi connectivity index (χ0n) is 20.1. The highest BCUT2D eigenvalue weighted by Gasteiger charge is 2.41. The Morgan fingerprint density at radius 3 is 2.34 bits per heavy atom. The molecule has 0 aliphatic carbocycles. The fourth-order valence-electron chi connectivity index (χ4n) is 4.00. The molecule has 4 atom stereocenters. The predicted octanol–water partition coefficient (Wildman–Crippen LogP) is 2.16. The number of ether oxygens (including phenoxy) is 1. The van der Waals surface area contributed by atoms with Crippen LogP contribution in [-0.4, -0.2) is 61.5 Å². The maximum atomic E-state index is 14.3. The van der Waals surface area contributed by atoms with Gasteiger partial charge < -0.3 is 25.6 Å². The number of amides is 3. The Morgan fingerprint density at radius 2 is 1.71 bits per heavy atom. The summed E-state index contributed by atoms with van der Waals surface area (Å²) in [6.45, 7) is 3.44. The number of hydrogen-bond acceptors (Lipinski definition) is 5. The van der Waals surface area contributed by atoms with E-state index in [0.29, 0.717) is 12.0 Å². The lowest BCUT2D eigenvalue weighted by Gasteiger charge is -2.39. The number of nitrogens with zero attached hydrogens (tertiary/aromatic N) is 1. The standard InChI is InChI=1S/C25H30F2N4O4/c1-14(28-3)23(32)29-20(15(2)35-4)25(34)31-13-12-16-8-5-6-9-17(16)22(31)24(33)30-21-18(26)10-7-11-19(21)27/h5-11,14-15,20,22,28H,12-13H2,1-4H3,(H,29,32)(H,30,33)/t14?,15-,20+,22+/m1/s1. The Morgan fingerprint density at radius 1 is 1.06 bits per heavy atom. The van der Waals surface area contributed by atoms with Gasteiger partial charge in [0.1, 0.15) is 29.4 Å². The van der Waals surface area contributed by atoms with Gasteiger partial charge >= 0.3 is 0 Å². The molecule has 0 saturated heterocycles. The van der Waals surface area contributed by atoms with Gasteiger partial charge in [-0.2, -0.15) is 0 Å². The third kappa shape index (κ3) is 5.66. The number of rotatable bonds is 8. The van der Waals surface area contributed by atoms with Gasteiger partial charge in [-0.1, -0.05) is 30.3 Å². The lowest BCUT2D eigenvalue weighted by atomic mass is 9.91. The second-order valence-corrected chi connectivity index (χ2v) is 8.41. The van der Waals surface area contributed by atoms with Gasteiger partial charge in [0, 0.05) is 13.7 Å². The Balaban J connectivity index is 1.98. The van der Waals surface area contributed by atoms with Gasteiger partial charge in [0.15, 0.2) is 0 Å². The Kier molecular flexibility index (Phi) is 8.52. The number of nitrogens with one attached hydrogen (secondary N) is 3. The summed E-state index contributed by atoms with van der Waals surface area (Å²) < 4.78 is 33.9. The number of likely N-dealkylation sites (N-methyl/N-ethyl adjacent to an activating group) is 1. The van der Waals surface area contributed by atoms with Gasteiger partial charge in [-0.25, -0.2) is 8.78 Å². The average molecular weight is 489 g/mol. The summed E-state index contributed by atoms with van der Waals surface area (Å²) in [5.41, 5.74) is 0.792. The molecular formula is C25H30F2N4O4. The van der Waals surface area contributed by atoms with E-state index < -0.39 is 59.3 Å². The molecule has 8 nitrogen and oxygen atoms in total. The summed E-state index contributed by atoms with van der Waals surface area (Å²) in [6, 6.07) is 7.51. The summed E-state index contributed by atoms with van der Waals surface area (Å²) in [5, 5.41) is 7.82. The number of methoxy groups -OCH3 is 1. The van der Waals surface area contributed by atoms with Crippen molar-refractivity contribution in [3.8, 4) is 0 Å². The highest BCUT2D eigenvalue weighted by molar-refractivity contribution is 6.00. The van der Waals surface area contributed by atoms with Crippen molar-refractivity contribution < 1.29 is 27.9 Å². The Bertz CT molecular complexity index is 1080. The molecule has 3 N–H and O–H groups in total. The molecule has 1 heterocycles. The highest BCUT2D eigenvalue weighted by Crippen LogP contribution is 2.32. The van der Waals surface area contributed by atoms with Crippen LogP contribution in [0.2, 0.25) is 0 Å². The zero-order chi connectivity index (χ0) is 25.7. The highest BCUT2D eigenvalue weighted by atomic mass is 19.1. The van der Waals surface area contributed by atoms with E-state index in [1.807, 2.05) is 12.1 Å². The largest absolute Gasteiger partial charge is 0.379 e. The molecule has 0 bridgehead atoms. The second-order valence-electron chi connectivity index (χ2n) is 8.41. The van der Waals surface area contributed by atoms with Crippen molar-refractivity contribution in [2.75, 3.05) is 26.0 Å². The summed E-state index contributed by atoms with van der Waals surface area (Å²) in [5.74, 6) is -3.59. The quantitative estimate of drug-likeness (QED) is 0.529. The third-order valence-electron chi connectivity index (χ3n) is 6.26. The monoisotopic (exact) mass is 488 g/mol. The van der Waals surface area contributed by atoms with Crippen molar-refractivity contribution in [3.63, 3.8) is 0 Å². The third-order valence-corrected chi connectivity index (χ3v) is 6.26. The molecule has 1 unspecified atom stereocenters. The molecule has 2 aromatic carbocycles. The number of fused-ring (bicyclic) bond motifs is 1. The van der Waals surface area contributed by atoms with Crippen molar-refractivity contribution in [2.24, 2.45) is 0 Å². The van der Waals surface area contributed by atoms with E-state index in [-0.39, 0.29) is 6.54 Å². The van der Waals surface area contributed by atoms with Crippen molar-refractivity contribution in [1.82, 2.24) is 15.5 Å². The van der Waals surface area contributed by atoms with E-state index in [0.717, 1.165) is 17.7 Å². The first kappa shape index (κ1) is 26.2. The maximum absolute atomic E-state index is 14.3. The molecule has 0 aromatic heterocycles. The van der Waals surface area contributed by atoms with Crippen LogP contribution in [0.15, 0.2) is 42.5 Å². The van der Waals surface area contributed by atoms with Gasteiger partial charge in [-0.3, -0.25) is 14.4 Å². The minimum absolute atomic E-state index is 0.165. The molecule has 0 spiro atoms. The van der Waals surface area contributed by atoms with E-state index in [9.17, 15) is 23.2 Å². The van der Waals surface area contributed by atoms with Gasteiger partial charge in [0.25, 0.3) is 5.91 Å². The molecule has 188 valence electrons. The molecule has 1 aliphatic rings. The first-order valence-corrected chi connectivity index (χ1v) is 11.3. The van der Waals surface area contributed by atoms with Crippen LogP contribution in [0.25, 0.3) is 0 Å². The Labute approximate surface area is 203 Å². The van der Waals surface area contributed by atoms with Gasteiger partial charge in [0.05, 0.1) is 12.1 Å². The summed E-state index contributed by atoms with van der Waals surface area (Å²) in [4.78, 5) is 41.0. The number of para-hydroxylation sites is 1. The summed E-state index contributed by atoms with van der Waals surface area (Å²) in [7, 11) is 3.03. The molecule has 1 aliphatic heterocycles. The van der Waals surface area contributed by atoms with Crippen LogP contribution in [0.1, 0.15) is 31.0 Å². The summed E-state index contributed by atoms with van der Waals surface area (Å²) >= 11 is 0. The lowest BCUT2D eigenvalue weighted by molar-refractivity contribution is -0.146. The second kappa shape index (κ2) is 11.4. The molecule has 0 saturated carbocycles. The number of hydrogen-bond donors (Lipinski definition) is 3. The molecule has 0 radical (unpaired) electrons. The molecule has 10 heteroatoms. The number of anilines is 1. The van der Waals surface area contributed by atoms with Crippen molar-refractivity contribution >= 4 is 23.4 Å². The number of carbonyl (C=O) groups excluding carboxylic acids is 3. The van der Waals surface area contributed by atoms with Crippen molar-refractivity contribution in [3.05, 3.63) is 65.2 Å². The first-order chi connectivity index (χ1) is 16.7. The zero-order valence-corrected chi connectivity index (χ0v) is 20.1. The minimum Gasteiger partial charge on any atom is -0.379 e. The lowest BCUT2D eigenvalue weighted by Crippen LogP contribution is -2.59. The van der Waals surface area contributed by atoms with Crippen molar-refractivity contribution in [1.29, 1.82) is 0 Å². The number of benzene rings is 2. The van der Waals surface area contributed by atoms with Crippen LogP contribution in [0.4, 0.5) is 14.5 Å². The fourth-order valence-corrected chi connectivity index (χ4v) is 4.00. The first-order valence-electron chi connectivity index (χ1n) is 11.3. The van der Waals surface area contributed by atoms with Crippen LogP contribution in [-0.2, 0) is 25.5 Å². The van der Waals surface area contributed by atoms with Crippen LogP contribution in [0, 0.1) is 11.6 Å². The number of halogens is 2. The number of carbonyl (C=O) groups is 3. The van der Waals surface area contributed by atoms with Crippen LogP contribution in [0.5, 0.6) is 0 Å². The molecule has 0 fully saturated rings. The maximum Gasteiger partial charge on any atom is 0.251 e. The normalized spacial score (nSPS) is 17.7. The molecule has 3 rings (SSSR count). The minimum atomic E-state index is -1.17. The predicted molar refractivity (Wildman–Crippen MR) is 127 cm³/mol. The van der Waals surface area contributed by atoms with E-state index in [2.05, 4.69) is 16.0 Å². The van der Waals surface area contributed by atoms with Gasteiger partial charge in [-0.15, -0.1) is 0 Å².